The maximum atomic E-state index is 11.0. The van der Waals surface area contributed by atoms with Gasteiger partial charge in [0, 0.05) is 11.8 Å². The molecule has 1 N–H and O–H groups in total. The molecule has 120 valence electrons. The van der Waals surface area contributed by atoms with E-state index in [0.29, 0.717) is 11.4 Å². The fourth-order valence-electron chi connectivity index (χ4n) is 1.86. The molecule has 0 bridgehead atoms. The number of hydrogen-bond donors (Lipinski definition) is 1. The van der Waals surface area contributed by atoms with Crippen molar-refractivity contribution in [3.8, 4) is 29.7 Å². The summed E-state index contributed by atoms with van der Waals surface area (Å²) < 4.78 is 5.50. The van der Waals surface area contributed by atoms with Crippen LogP contribution < -0.4 is 10.1 Å². The van der Waals surface area contributed by atoms with Crippen molar-refractivity contribution in [1.29, 1.82) is 15.8 Å². The van der Waals surface area contributed by atoms with E-state index >= 15 is 0 Å². The Kier molecular flexibility index (Phi) is 5.29. The van der Waals surface area contributed by atoms with Crippen LogP contribution in [-0.2, 0) is 0 Å². The van der Waals surface area contributed by atoms with Gasteiger partial charge in [-0.3, -0.25) is 10.1 Å². The number of para-hydroxylation sites is 2. The van der Waals surface area contributed by atoms with Gasteiger partial charge in [0.2, 0.25) is 5.75 Å². The predicted octanol–water partition coefficient (Wildman–Crippen LogP) is 3.62. The number of nitro groups is 1. The van der Waals surface area contributed by atoms with Gasteiger partial charge in [-0.25, -0.2) is 0 Å². The number of rotatable bonds is 5. The Morgan fingerprint density at radius 1 is 1.00 bits per heavy atom. The van der Waals surface area contributed by atoms with Gasteiger partial charge in [0.05, 0.1) is 4.92 Å². The van der Waals surface area contributed by atoms with Gasteiger partial charge >= 0.3 is 5.69 Å². The average molecular weight is 331 g/mol. The van der Waals surface area contributed by atoms with Crippen molar-refractivity contribution >= 4 is 11.4 Å². The first kappa shape index (κ1) is 17.0. The molecule has 0 amide bonds. The summed E-state index contributed by atoms with van der Waals surface area (Å²) in [6.45, 7) is 0. The summed E-state index contributed by atoms with van der Waals surface area (Å²) in [6.07, 6.45) is 0. The molecule has 0 aliphatic carbocycles. The van der Waals surface area contributed by atoms with Gasteiger partial charge in [-0.2, -0.15) is 15.8 Å². The van der Waals surface area contributed by atoms with Crippen LogP contribution in [0.3, 0.4) is 0 Å². The van der Waals surface area contributed by atoms with Gasteiger partial charge < -0.3 is 10.1 Å². The number of nitro benzene ring substituents is 1. The molecule has 0 saturated heterocycles. The zero-order chi connectivity index (χ0) is 18.2. The Morgan fingerprint density at radius 3 is 2.20 bits per heavy atom. The third-order valence-corrected chi connectivity index (χ3v) is 3.00. The molecule has 2 rings (SSSR count). The van der Waals surface area contributed by atoms with Gasteiger partial charge in [0.15, 0.2) is 5.57 Å². The third kappa shape index (κ3) is 4.10. The molecule has 0 aromatic heterocycles. The van der Waals surface area contributed by atoms with Gasteiger partial charge in [0.1, 0.15) is 29.7 Å². The summed E-state index contributed by atoms with van der Waals surface area (Å²) >= 11 is 0. The topological polar surface area (TPSA) is 136 Å². The number of benzene rings is 2. The third-order valence-electron chi connectivity index (χ3n) is 3.00. The minimum absolute atomic E-state index is 0.0991. The van der Waals surface area contributed by atoms with Crippen LogP contribution in [0, 0.1) is 44.1 Å². The molecule has 0 atom stereocenters. The molecule has 25 heavy (non-hydrogen) atoms. The van der Waals surface area contributed by atoms with Crippen molar-refractivity contribution in [2.24, 2.45) is 0 Å². The molecule has 0 aliphatic rings. The second kappa shape index (κ2) is 7.77. The van der Waals surface area contributed by atoms with Crippen LogP contribution in [0.25, 0.3) is 0 Å². The molecule has 0 unspecified atom stereocenters. The van der Waals surface area contributed by atoms with Crippen LogP contribution in [0.2, 0.25) is 0 Å². The average Bonchev–Trinajstić information content (AvgIpc) is 2.63. The second-order valence-electron chi connectivity index (χ2n) is 4.56. The minimum atomic E-state index is -0.541. The summed E-state index contributed by atoms with van der Waals surface area (Å²) in [7, 11) is 0. The van der Waals surface area contributed by atoms with E-state index in [-0.39, 0.29) is 22.7 Å². The summed E-state index contributed by atoms with van der Waals surface area (Å²) in [5.41, 5.74) is -0.207. The van der Waals surface area contributed by atoms with Crippen molar-refractivity contribution in [3.05, 3.63) is 69.9 Å². The Bertz CT molecular complexity index is 944. The van der Waals surface area contributed by atoms with Crippen LogP contribution in [-0.4, -0.2) is 4.92 Å². The van der Waals surface area contributed by atoms with Crippen molar-refractivity contribution in [2.45, 2.75) is 0 Å². The van der Waals surface area contributed by atoms with Crippen LogP contribution in [0.5, 0.6) is 11.5 Å². The molecule has 0 fully saturated rings. The molecule has 8 nitrogen and oxygen atoms in total. The van der Waals surface area contributed by atoms with Crippen LogP contribution in [0.1, 0.15) is 0 Å². The Morgan fingerprint density at radius 2 is 1.64 bits per heavy atom. The first-order chi connectivity index (χ1) is 12.1. The number of anilines is 1. The highest BCUT2D eigenvalue weighted by Crippen LogP contribution is 2.31. The SMILES string of the molecule is N#CC(C#N)=C(C#N)Nc1ccc(Oc2ccccc2[N+](=O)[O-])cc1. The fraction of sp³-hybridized carbons (Fsp3) is 0. The lowest BCUT2D eigenvalue weighted by Crippen LogP contribution is -2.00. The summed E-state index contributed by atoms with van der Waals surface area (Å²) in [5.74, 6) is 0.449. The molecule has 0 saturated carbocycles. The largest absolute Gasteiger partial charge is 0.450 e. The van der Waals surface area contributed by atoms with E-state index in [1.807, 2.05) is 0 Å². The molecule has 0 aliphatic heterocycles. The minimum Gasteiger partial charge on any atom is -0.450 e. The van der Waals surface area contributed by atoms with Crippen molar-refractivity contribution in [1.82, 2.24) is 0 Å². The zero-order valence-corrected chi connectivity index (χ0v) is 12.6. The molecular weight excluding hydrogens is 322 g/mol. The Balaban J connectivity index is 2.21. The highest BCUT2D eigenvalue weighted by Gasteiger charge is 2.14. The van der Waals surface area contributed by atoms with Crippen LogP contribution in [0.15, 0.2) is 59.8 Å². The van der Waals surface area contributed by atoms with Gasteiger partial charge in [-0.05, 0) is 30.3 Å². The van der Waals surface area contributed by atoms with Crippen LogP contribution >= 0.6 is 0 Å². The Labute approximate surface area is 142 Å². The molecule has 0 spiro atoms. The van der Waals surface area contributed by atoms with Crippen LogP contribution in [0.4, 0.5) is 11.4 Å². The van der Waals surface area contributed by atoms with E-state index in [4.69, 9.17) is 20.5 Å². The first-order valence-electron chi connectivity index (χ1n) is 6.82. The predicted molar refractivity (Wildman–Crippen MR) is 87.1 cm³/mol. The van der Waals surface area contributed by atoms with Gasteiger partial charge in [0.25, 0.3) is 0 Å². The highest BCUT2D eigenvalue weighted by atomic mass is 16.6. The number of ether oxygens (including phenoxy) is 1. The van der Waals surface area contributed by atoms with E-state index in [2.05, 4.69) is 5.32 Å². The number of hydrogen-bond acceptors (Lipinski definition) is 7. The maximum Gasteiger partial charge on any atom is 0.311 e. The maximum absolute atomic E-state index is 11.0. The molecule has 0 radical (unpaired) electrons. The normalized spacial score (nSPS) is 9.00. The molecule has 2 aromatic carbocycles. The zero-order valence-electron chi connectivity index (χ0n) is 12.6. The quantitative estimate of drug-likeness (QED) is 0.502. The lowest BCUT2D eigenvalue weighted by molar-refractivity contribution is -0.385. The Hall–Kier alpha value is -4.35. The summed E-state index contributed by atoms with van der Waals surface area (Å²) in [5, 5.41) is 40.2. The number of nitrogens with one attached hydrogen (secondary N) is 1. The summed E-state index contributed by atoms with van der Waals surface area (Å²) in [4.78, 5) is 10.4. The van der Waals surface area contributed by atoms with E-state index < -0.39 is 4.92 Å². The lowest BCUT2D eigenvalue weighted by atomic mass is 10.2. The van der Waals surface area contributed by atoms with E-state index in [9.17, 15) is 10.1 Å². The number of allylic oxidation sites excluding steroid dienone is 2. The first-order valence-corrected chi connectivity index (χ1v) is 6.82. The smallest absolute Gasteiger partial charge is 0.311 e. The van der Waals surface area contributed by atoms with Gasteiger partial charge in [-0.1, -0.05) is 12.1 Å². The molecular formula is C17H9N5O3. The molecule has 8 heteroatoms. The van der Waals surface area contributed by atoms with Crippen molar-refractivity contribution < 1.29 is 9.66 Å². The number of nitriles is 3. The molecule has 2 aromatic rings. The van der Waals surface area contributed by atoms with Crippen molar-refractivity contribution in [2.75, 3.05) is 5.32 Å². The second-order valence-corrected chi connectivity index (χ2v) is 4.56. The van der Waals surface area contributed by atoms with Crippen molar-refractivity contribution in [3.63, 3.8) is 0 Å². The highest BCUT2D eigenvalue weighted by molar-refractivity contribution is 5.59. The molecule has 0 heterocycles. The number of nitrogens with zero attached hydrogens (tertiary/aromatic N) is 4. The fourth-order valence-corrected chi connectivity index (χ4v) is 1.86. The van der Waals surface area contributed by atoms with Gasteiger partial charge in [-0.15, -0.1) is 0 Å². The van der Waals surface area contributed by atoms with E-state index in [1.165, 1.54) is 30.3 Å². The van der Waals surface area contributed by atoms with E-state index in [0.717, 1.165) is 0 Å². The lowest BCUT2D eigenvalue weighted by Gasteiger charge is -2.08. The van der Waals surface area contributed by atoms with E-state index in [1.54, 1.807) is 36.4 Å². The monoisotopic (exact) mass is 331 g/mol. The summed E-state index contributed by atoms with van der Waals surface area (Å²) in [6, 6.07) is 17.1. The standard InChI is InChI=1S/C17H9N5O3/c18-9-12(10-19)15(11-20)21-13-5-7-14(8-6-13)25-17-4-2-1-3-16(17)22(23)24/h1-8,21H.